The van der Waals surface area contributed by atoms with Crippen molar-refractivity contribution in [2.24, 2.45) is 11.8 Å². The van der Waals surface area contributed by atoms with Gasteiger partial charge in [0.25, 0.3) is 0 Å². The number of nitrogens with zero attached hydrogens (tertiary/aromatic N) is 1. The molecule has 0 radical (unpaired) electrons. The third kappa shape index (κ3) is 4.86. The summed E-state index contributed by atoms with van der Waals surface area (Å²) in [7, 11) is 0. The first-order chi connectivity index (χ1) is 13.8. The molecular weight excluding hydrogens is 342 g/mol. The van der Waals surface area contributed by atoms with Crippen LogP contribution in [0.25, 0.3) is 5.57 Å². The number of likely N-dealkylation sites (tertiary alicyclic amines) is 1. The summed E-state index contributed by atoms with van der Waals surface area (Å²) in [5, 5.41) is 0. The third-order valence-electron chi connectivity index (χ3n) is 6.30. The van der Waals surface area contributed by atoms with E-state index in [0.29, 0.717) is 0 Å². The van der Waals surface area contributed by atoms with Gasteiger partial charge in [0.05, 0.1) is 6.61 Å². The molecule has 1 aliphatic carbocycles. The minimum Gasteiger partial charge on any atom is -0.494 e. The molecule has 2 aliphatic rings. The van der Waals surface area contributed by atoms with Crippen LogP contribution < -0.4 is 4.74 Å². The fourth-order valence-corrected chi connectivity index (χ4v) is 4.79. The van der Waals surface area contributed by atoms with Gasteiger partial charge in [-0.05, 0) is 72.9 Å². The number of benzene rings is 2. The summed E-state index contributed by atoms with van der Waals surface area (Å²) in [5.41, 5.74) is 3.89. The first-order valence-corrected chi connectivity index (χ1v) is 11.0. The van der Waals surface area contributed by atoms with Crippen molar-refractivity contribution in [3.05, 3.63) is 71.8 Å². The Bertz CT molecular complexity index is 765. The molecule has 0 amide bonds. The molecule has 2 nitrogen and oxygen atoms in total. The average molecular weight is 376 g/mol. The highest BCUT2D eigenvalue weighted by molar-refractivity contribution is 5.80. The Morgan fingerprint density at radius 2 is 1.71 bits per heavy atom. The van der Waals surface area contributed by atoms with Gasteiger partial charge in [-0.1, -0.05) is 61.9 Å². The topological polar surface area (TPSA) is 12.5 Å². The highest BCUT2D eigenvalue weighted by Gasteiger charge is 2.29. The maximum Gasteiger partial charge on any atom is 0.119 e. The minimum absolute atomic E-state index is 0.776. The lowest BCUT2D eigenvalue weighted by atomic mass is 9.97. The minimum atomic E-state index is 0.776. The maximum atomic E-state index is 5.77. The molecule has 2 unspecified atom stereocenters. The summed E-state index contributed by atoms with van der Waals surface area (Å²) < 4.78 is 5.77. The molecule has 2 aromatic rings. The fourth-order valence-electron chi connectivity index (χ4n) is 4.79. The van der Waals surface area contributed by atoms with Gasteiger partial charge in [-0.3, -0.25) is 4.90 Å². The predicted molar refractivity (Wildman–Crippen MR) is 118 cm³/mol. The van der Waals surface area contributed by atoms with Crippen molar-refractivity contribution in [3.63, 3.8) is 0 Å². The number of ether oxygens (including phenoxy) is 1. The second-order valence-corrected chi connectivity index (χ2v) is 8.45. The lowest BCUT2D eigenvalue weighted by Crippen LogP contribution is -2.29. The zero-order valence-electron chi connectivity index (χ0n) is 17.1. The van der Waals surface area contributed by atoms with Crippen molar-refractivity contribution in [2.45, 2.75) is 39.0 Å². The average Bonchev–Trinajstić information content (AvgIpc) is 3.08. The van der Waals surface area contributed by atoms with Crippen LogP contribution in [0, 0.1) is 11.8 Å². The van der Waals surface area contributed by atoms with Crippen molar-refractivity contribution in [1.29, 1.82) is 0 Å². The third-order valence-corrected chi connectivity index (χ3v) is 6.30. The van der Waals surface area contributed by atoms with Crippen molar-refractivity contribution in [1.82, 2.24) is 4.90 Å². The number of hydrogen-bond acceptors (Lipinski definition) is 2. The molecule has 148 valence electrons. The molecule has 1 heterocycles. The van der Waals surface area contributed by atoms with Crippen LogP contribution in [0.1, 0.15) is 50.2 Å². The molecule has 1 saturated carbocycles. The Balaban J connectivity index is 1.53. The highest BCUT2D eigenvalue weighted by atomic mass is 16.5. The summed E-state index contributed by atoms with van der Waals surface area (Å²) >= 11 is 0. The van der Waals surface area contributed by atoms with Crippen LogP contribution in [0.4, 0.5) is 0 Å². The van der Waals surface area contributed by atoms with Gasteiger partial charge in [-0.25, -0.2) is 0 Å². The van der Waals surface area contributed by atoms with Crippen LogP contribution in [0.3, 0.4) is 0 Å². The van der Waals surface area contributed by atoms with Crippen LogP contribution >= 0.6 is 0 Å². The first kappa shape index (κ1) is 19.3. The van der Waals surface area contributed by atoms with E-state index in [1.54, 1.807) is 0 Å². The Hall–Kier alpha value is -2.06. The Morgan fingerprint density at radius 3 is 2.50 bits per heavy atom. The smallest absolute Gasteiger partial charge is 0.119 e. The molecule has 4 rings (SSSR count). The molecule has 2 heteroatoms. The summed E-state index contributed by atoms with van der Waals surface area (Å²) in [6, 6.07) is 19.4. The predicted octanol–water partition coefficient (Wildman–Crippen LogP) is 6.03. The van der Waals surface area contributed by atoms with E-state index in [0.717, 1.165) is 37.2 Å². The monoisotopic (exact) mass is 375 g/mol. The van der Waals surface area contributed by atoms with E-state index in [4.69, 9.17) is 4.74 Å². The lowest BCUT2D eigenvalue weighted by Gasteiger charge is -2.23. The molecule has 1 saturated heterocycles. The van der Waals surface area contributed by atoms with E-state index in [1.165, 1.54) is 55.5 Å². The largest absolute Gasteiger partial charge is 0.494 e. The molecule has 2 atom stereocenters. The standard InChI is InChI=1S/C26H33NO/c1-2-18-28-25-12-10-24(11-13-25)26(23-6-4-3-5-7-23)15-17-27-16-14-21-8-9-22(19-21)20-27/h3-7,10-13,15,21-22H,2,8-9,14,16-20H2,1H3/b26-15+. The molecule has 2 fully saturated rings. The normalized spacial score (nSPS) is 22.8. The number of rotatable bonds is 7. The van der Waals surface area contributed by atoms with Gasteiger partial charge in [0.1, 0.15) is 5.75 Å². The quantitative estimate of drug-likeness (QED) is 0.586. The molecule has 2 bridgehead atoms. The van der Waals surface area contributed by atoms with Gasteiger partial charge in [-0.15, -0.1) is 0 Å². The van der Waals surface area contributed by atoms with Gasteiger partial charge in [0, 0.05) is 13.1 Å². The molecule has 1 aliphatic heterocycles. The van der Waals surface area contributed by atoms with Crippen LogP contribution in [-0.2, 0) is 0 Å². The Kier molecular flexibility index (Phi) is 6.49. The Labute approximate surface area is 170 Å². The van der Waals surface area contributed by atoms with Gasteiger partial charge in [0.15, 0.2) is 0 Å². The van der Waals surface area contributed by atoms with E-state index < -0.39 is 0 Å². The van der Waals surface area contributed by atoms with E-state index in [2.05, 4.69) is 72.5 Å². The molecule has 0 N–H and O–H groups in total. The van der Waals surface area contributed by atoms with E-state index in [-0.39, 0.29) is 0 Å². The van der Waals surface area contributed by atoms with Crippen molar-refractivity contribution >= 4 is 5.57 Å². The van der Waals surface area contributed by atoms with Crippen molar-refractivity contribution in [3.8, 4) is 5.75 Å². The van der Waals surface area contributed by atoms with Gasteiger partial charge >= 0.3 is 0 Å². The zero-order valence-corrected chi connectivity index (χ0v) is 17.1. The molecular formula is C26H33NO. The summed E-state index contributed by atoms with van der Waals surface area (Å²) in [6.07, 6.45) is 9.23. The summed E-state index contributed by atoms with van der Waals surface area (Å²) in [4.78, 5) is 2.67. The Morgan fingerprint density at radius 1 is 0.964 bits per heavy atom. The zero-order chi connectivity index (χ0) is 19.2. The number of hydrogen-bond donors (Lipinski definition) is 0. The highest BCUT2D eigenvalue weighted by Crippen LogP contribution is 2.36. The molecule has 2 aromatic carbocycles. The number of fused-ring (bicyclic) bond motifs is 2. The fraction of sp³-hybridized carbons (Fsp3) is 0.462. The van der Waals surface area contributed by atoms with Crippen molar-refractivity contribution in [2.75, 3.05) is 26.2 Å². The van der Waals surface area contributed by atoms with Crippen LogP contribution in [0.5, 0.6) is 5.75 Å². The van der Waals surface area contributed by atoms with Crippen LogP contribution in [-0.4, -0.2) is 31.1 Å². The van der Waals surface area contributed by atoms with E-state index in [9.17, 15) is 0 Å². The SMILES string of the molecule is CCCOc1ccc(/C(=C/CN2CCC3CCC(C3)C2)c2ccccc2)cc1. The first-order valence-electron chi connectivity index (χ1n) is 11.0. The van der Waals surface area contributed by atoms with Crippen LogP contribution in [0.2, 0.25) is 0 Å². The van der Waals surface area contributed by atoms with Crippen LogP contribution in [0.15, 0.2) is 60.7 Å². The van der Waals surface area contributed by atoms with E-state index in [1.807, 2.05) is 0 Å². The maximum absolute atomic E-state index is 5.77. The lowest BCUT2D eigenvalue weighted by molar-refractivity contribution is 0.260. The second kappa shape index (κ2) is 9.43. The summed E-state index contributed by atoms with van der Waals surface area (Å²) in [5.74, 6) is 2.88. The van der Waals surface area contributed by atoms with E-state index >= 15 is 0 Å². The molecule has 0 aromatic heterocycles. The molecule has 0 spiro atoms. The van der Waals surface area contributed by atoms with Gasteiger partial charge in [0.2, 0.25) is 0 Å². The van der Waals surface area contributed by atoms with Gasteiger partial charge < -0.3 is 4.74 Å². The summed E-state index contributed by atoms with van der Waals surface area (Å²) in [6.45, 7) is 6.49. The van der Waals surface area contributed by atoms with Gasteiger partial charge in [-0.2, -0.15) is 0 Å². The van der Waals surface area contributed by atoms with Crippen molar-refractivity contribution < 1.29 is 4.74 Å². The second-order valence-electron chi connectivity index (χ2n) is 8.45. The molecule has 28 heavy (non-hydrogen) atoms.